The van der Waals surface area contributed by atoms with E-state index in [2.05, 4.69) is 10.2 Å². The number of nitrogens with zero attached hydrogens (tertiary/aromatic N) is 2. The quantitative estimate of drug-likeness (QED) is 0.610. The van der Waals surface area contributed by atoms with Crippen LogP contribution in [0.1, 0.15) is 11.4 Å². The van der Waals surface area contributed by atoms with Crippen LogP contribution in [0.25, 0.3) is 0 Å². The summed E-state index contributed by atoms with van der Waals surface area (Å²) in [4.78, 5) is 0.111. The summed E-state index contributed by atoms with van der Waals surface area (Å²) in [5.74, 6) is 0. The molecule has 0 fully saturated rings. The van der Waals surface area contributed by atoms with E-state index >= 15 is 0 Å². The molecule has 3 N–H and O–H groups in total. The lowest BCUT2D eigenvalue weighted by atomic mass is 10.4. The molecule has 1 heterocycles. The third-order valence-electron chi connectivity index (χ3n) is 2.36. The van der Waals surface area contributed by atoms with Crippen molar-refractivity contribution in [2.75, 3.05) is 26.3 Å². The number of rotatable bonds is 6. The largest absolute Gasteiger partial charge is 0.395 e. The maximum absolute atomic E-state index is 12.3. The molecule has 0 saturated carbocycles. The van der Waals surface area contributed by atoms with Crippen LogP contribution in [0.3, 0.4) is 0 Å². The van der Waals surface area contributed by atoms with Crippen molar-refractivity contribution in [3.63, 3.8) is 0 Å². The maximum Gasteiger partial charge on any atom is 0.246 e. The smallest absolute Gasteiger partial charge is 0.246 e. The topological polar surface area (TPSA) is 107 Å². The average molecular weight is 263 g/mol. The SMILES string of the molecule is Cc1n[nH]c(C)c1S(=O)(=O)N(CCO)CCO. The van der Waals surface area contributed by atoms with Crippen LogP contribution in [0.5, 0.6) is 0 Å². The van der Waals surface area contributed by atoms with Crippen molar-refractivity contribution in [3.05, 3.63) is 11.4 Å². The van der Waals surface area contributed by atoms with Gasteiger partial charge in [-0.1, -0.05) is 0 Å². The van der Waals surface area contributed by atoms with Gasteiger partial charge in [0.2, 0.25) is 10.0 Å². The van der Waals surface area contributed by atoms with E-state index in [0.29, 0.717) is 11.4 Å². The highest BCUT2D eigenvalue weighted by Crippen LogP contribution is 2.21. The fraction of sp³-hybridized carbons (Fsp3) is 0.667. The van der Waals surface area contributed by atoms with E-state index in [0.717, 1.165) is 4.31 Å². The highest BCUT2D eigenvalue weighted by molar-refractivity contribution is 7.89. The molecular formula is C9H17N3O4S. The van der Waals surface area contributed by atoms with Crippen molar-refractivity contribution in [3.8, 4) is 0 Å². The predicted molar refractivity (Wildman–Crippen MR) is 61.0 cm³/mol. The van der Waals surface area contributed by atoms with Crippen molar-refractivity contribution in [2.24, 2.45) is 0 Å². The van der Waals surface area contributed by atoms with E-state index in [-0.39, 0.29) is 31.2 Å². The molecule has 1 aromatic rings. The molecule has 0 aliphatic heterocycles. The molecule has 0 aliphatic rings. The lowest BCUT2D eigenvalue weighted by molar-refractivity contribution is 0.217. The monoisotopic (exact) mass is 263 g/mol. The summed E-state index contributed by atoms with van der Waals surface area (Å²) in [7, 11) is -3.72. The van der Waals surface area contributed by atoms with Crippen LogP contribution < -0.4 is 0 Å². The Morgan fingerprint density at radius 3 is 2.12 bits per heavy atom. The maximum atomic E-state index is 12.3. The molecule has 1 aromatic heterocycles. The van der Waals surface area contributed by atoms with E-state index in [9.17, 15) is 8.42 Å². The van der Waals surface area contributed by atoms with Crippen LogP contribution in [0, 0.1) is 13.8 Å². The van der Waals surface area contributed by atoms with Gasteiger partial charge in [-0.15, -0.1) is 0 Å². The number of aromatic amines is 1. The third kappa shape index (κ3) is 2.83. The predicted octanol–water partition coefficient (Wildman–Crippen LogP) is -0.998. The van der Waals surface area contributed by atoms with Gasteiger partial charge in [0, 0.05) is 13.1 Å². The second kappa shape index (κ2) is 5.58. The summed E-state index contributed by atoms with van der Waals surface area (Å²) in [6, 6.07) is 0. The Labute approximate surface area is 100 Å². The van der Waals surface area contributed by atoms with Crippen LogP contribution in [-0.4, -0.2) is 59.4 Å². The van der Waals surface area contributed by atoms with Crippen LogP contribution in [0.2, 0.25) is 0 Å². The second-order valence-electron chi connectivity index (χ2n) is 3.61. The highest BCUT2D eigenvalue weighted by Gasteiger charge is 2.28. The Hall–Kier alpha value is -0.960. The van der Waals surface area contributed by atoms with Gasteiger partial charge >= 0.3 is 0 Å². The second-order valence-corrected chi connectivity index (χ2v) is 5.49. The number of hydrogen-bond acceptors (Lipinski definition) is 5. The molecule has 0 saturated heterocycles. The molecule has 0 aliphatic carbocycles. The first kappa shape index (κ1) is 14.1. The van der Waals surface area contributed by atoms with Crippen LogP contribution in [0.4, 0.5) is 0 Å². The molecule has 0 atom stereocenters. The van der Waals surface area contributed by atoms with Gasteiger partial charge in [0.1, 0.15) is 4.90 Å². The number of aryl methyl sites for hydroxylation is 2. The van der Waals surface area contributed by atoms with E-state index in [1.165, 1.54) is 0 Å². The van der Waals surface area contributed by atoms with Gasteiger partial charge < -0.3 is 10.2 Å². The van der Waals surface area contributed by atoms with Crippen molar-refractivity contribution in [1.29, 1.82) is 0 Å². The van der Waals surface area contributed by atoms with Gasteiger partial charge in [-0.05, 0) is 13.8 Å². The van der Waals surface area contributed by atoms with Gasteiger partial charge in [-0.2, -0.15) is 9.40 Å². The van der Waals surface area contributed by atoms with E-state index in [4.69, 9.17) is 10.2 Å². The zero-order valence-corrected chi connectivity index (χ0v) is 10.7. The molecule has 0 bridgehead atoms. The van der Waals surface area contributed by atoms with Crippen molar-refractivity contribution in [2.45, 2.75) is 18.7 Å². The number of aromatic nitrogens is 2. The van der Waals surface area contributed by atoms with E-state index in [1.54, 1.807) is 13.8 Å². The summed E-state index contributed by atoms with van der Waals surface area (Å²) in [6.45, 7) is 2.51. The Morgan fingerprint density at radius 2 is 1.76 bits per heavy atom. The van der Waals surface area contributed by atoms with Crippen molar-refractivity contribution >= 4 is 10.0 Å². The number of sulfonamides is 1. The highest BCUT2D eigenvalue weighted by atomic mass is 32.2. The molecule has 98 valence electrons. The number of hydrogen-bond donors (Lipinski definition) is 3. The summed E-state index contributed by atoms with van der Waals surface area (Å²) in [5, 5.41) is 24.1. The first-order valence-electron chi connectivity index (χ1n) is 5.18. The van der Waals surface area contributed by atoms with Gasteiger partial charge in [0.25, 0.3) is 0 Å². The Morgan fingerprint density at radius 1 is 1.24 bits per heavy atom. The van der Waals surface area contributed by atoms with Crippen LogP contribution in [-0.2, 0) is 10.0 Å². The minimum Gasteiger partial charge on any atom is -0.395 e. The molecule has 0 spiro atoms. The minimum atomic E-state index is -3.72. The Balaban J connectivity index is 3.16. The number of aliphatic hydroxyl groups is 2. The summed E-state index contributed by atoms with van der Waals surface area (Å²) in [6.07, 6.45) is 0. The fourth-order valence-corrected chi connectivity index (χ4v) is 3.38. The summed E-state index contributed by atoms with van der Waals surface area (Å²) < 4.78 is 25.6. The molecule has 1 rings (SSSR count). The van der Waals surface area contributed by atoms with Crippen molar-refractivity contribution < 1.29 is 18.6 Å². The number of nitrogens with one attached hydrogen (secondary N) is 1. The van der Waals surface area contributed by atoms with Gasteiger partial charge in [0.05, 0.1) is 24.6 Å². The van der Waals surface area contributed by atoms with Gasteiger partial charge in [-0.25, -0.2) is 8.42 Å². The molecule has 7 nitrogen and oxygen atoms in total. The normalized spacial score (nSPS) is 12.3. The summed E-state index contributed by atoms with van der Waals surface area (Å²) in [5.41, 5.74) is 0.826. The molecule has 17 heavy (non-hydrogen) atoms. The first-order chi connectivity index (χ1) is 7.95. The van der Waals surface area contributed by atoms with E-state index < -0.39 is 10.0 Å². The average Bonchev–Trinajstić information content (AvgIpc) is 2.58. The van der Waals surface area contributed by atoms with Crippen LogP contribution in [0.15, 0.2) is 4.90 Å². The fourth-order valence-electron chi connectivity index (χ4n) is 1.63. The van der Waals surface area contributed by atoms with Crippen molar-refractivity contribution in [1.82, 2.24) is 14.5 Å². The minimum absolute atomic E-state index is 0.0487. The Bertz CT molecular complexity index is 443. The first-order valence-corrected chi connectivity index (χ1v) is 6.62. The number of H-pyrrole nitrogens is 1. The molecule has 0 unspecified atom stereocenters. The lowest BCUT2D eigenvalue weighted by Crippen LogP contribution is -2.36. The number of aliphatic hydroxyl groups excluding tert-OH is 2. The summed E-state index contributed by atoms with van der Waals surface area (Å²) >= 11 is 0. The van der Waals surface area contributed by atoms with Gasteiger partial charge in [0.15, 0.2) is 0 Å². The molecule has 8 heteroatoms. The third-order valence-corrected chi connectivity index (χ3v) is 4.52. The zero-order chi connectivity index (χ0) is 13.1. The molecule has 0 radical (unpaired) electrons. The standard InChI is InChI=1S/C9H17N3O4S/c1-7-9(8(2)11-10-7)17(15,16)12(3-5-13)4-6-14/h13-14H,3-6H2,1-2H3,(H,10,11). The van der Waals surface area contributed by atoms with Gasteiger partial charge in [-0.3, -0.25) is 5.10 Å². The Kier molecular flexibility index (Phi) is 4.63. The van der Waals surface area contributed by atoms with Crippen LogP contribution >= 0.6 is 0 Å². The lowest BCUT2D eigenvalue weighted by Gasteiger charge is -2.20. The zero-order valence-electron chi connectivity index (χ0n) is 9.84. The molecular weight excluding hydrogens is 246 g/mol. The molecule has 0 aromatic carbocycles. The molecule has 0 amide bonds. The van der Waals surface area contributed by atoms with E-state index in [1.807, 2.05) is 0 Å².